The highest BCUT2D eigenvalue weighted by Crippen LogP contribution is 2.45. The first-order chi connectivity index (χ1) is 8.04. The first-order valence-electron chi connectivity index (χ1n) is 6.17. The molecule has 0 bridgehead atoms. The predicted octanol–water partition coefficient (Wildman–Crippen LogP) is 2.94. The number of aliphatic hydroxyl groups is 1. The van der Waals surface area contributed by atoms with Crippen LogP contribution in [0.3, 0.4) is 0 Å². The summed E-state index contributed by atoms with van der Waals surface area (Å²) in [6.45, 7) is 5.63. The van der Waals surface area contributed by atoms with Crippen molar-refractivity contribution in [2.45, 2.75) is 32.7 Å². The van der Waals surface area contributed by atoms with Gasteiger partial charge in [0, 0.05) is 17.7 Å². The molecule has 1 aliphatic rings. The predicted molar refractivity (Wildman–Crippen MR) is 71.4 cm³/mol. The van der Waals surface area contributed by atoms with Gasteiger partial charge >= 0.3 is 0 Å². The second-order valence-electron chi connectivity index (χ2n) is 5.47. The summed E-state index contributed by atoms with van der Waals surface area (Å²) in [5.74, 6) is 0. The Labute approximate surface area is 108 Å². The average molecular weight is 254 g/mol. The van der Waals surface area contributed by atoms with Crippen LogP contribution in [0.5, 0.6) is 0 Å². The molecule has 94 valence electrons. The van der Waals surface area contributed by atoms with E-state index in [2.05, 4.69) is 31.3 Å². The lowest BCUT2D eigenvalue weighted by atomic mass is 9.85. The second kappa shape index (κ2) is 4.97. The highest BCUT2D eigenvalue weighted by atomic mass is 35.5. The normalized spacial score (nSPS) is 21.5. The van der Waals surface area contributed by atoms with E-state index in [1.807, 2.05) is 6.07 Å². The number of hydrogen-bond donors (Lipinski definition) is 2. The van der Waals surface area contributed by atoms with Crippen molar-refractivity contribution in [2.24, 2.45) is 5.41 Å². The number of aliphatic hydroxyl groups excluding tert-OH is 1. The molecule has 0 amide bonds. The molecule has 0 spiro atoms. The van der Waals surface area contributed by atoms with Gasteiger partial charge in [-0.1, -0.05) is 31.5 Å². The van der Waals surface area contributed by atoms with Gasteiger partial charge in [-0.25, -0.2) is 0 Å². The highest BCUT2D eigenvalue weighted by Gasteiger charge is 2.38. The molecule has 1 aromatic carbocycles. The minimum atomic E-state index is 0.211. The summed E-state index contributed by atoms with van der Waals surface area (Å²) in [7, 11) is 0. The number of nitrogens with one attached hydrogen (secondary N) is 1. The van der Waals surface area contributed by atoms with Crippen LogP contribution in [0.1, 0.15) is 37.4 Å². The van der Waals surface area contributed by atoms with Gasteiger partial charge in [0.05, 0.1) is 0 Å². The van der Waals surface area contributed by atoms with E-state index in [0.717, 1.165) is 24.4 Å². The van der Waals surface area contributed by atoms with Gasteiger partial charge in [-0.3, -0.25) is 0 Å². The monoisotopic (exact) mass is 253 g/mol. The lowest BCUT2D eigenvalue weighted by Crippen LogP contribution is -2.32. The Bertz CT molecular complexity index is 403. The fourth-order valence-electron chi connectivity index (χ4n) is 2.72. The summed E-state index contributed by atoms with van der Waals surface area (Å²) >= 11 is 6.08. The van der Waals surface area contributed by atoms with E-state index < -0.39 is 0 Å². The number of halogens is 1. The van der Waals surface area contributed by atoms with Crippen molar-refractivity contribution >= 4 is 11.6 Å². The maximum absolute atomic E-state index is 8.85. The van der Waals surface area contributed by atoms with Crippen LogP contribution in [-0.4, -0.2) is 18.3 Å². The summed E-state index contributed by atoms with van der Waals surface area (Å²) < 4.78 is 0. The van der Waals surface area contributed by atoms with Gasteiger partial charge in [0.1, 0.15) is 0 Å². The molecule has 2 N–H and O–H groups in total. The van der Waals surface area contributed by atoms with Gasteiger partial charge in [0.15, 0.2) is 0 Å². The molecular weight excluding hydrogens is 234 g/mol. The van der Waals surface area contributed by atoms with Crippen LogP contribution in [0.2, 0.25) is 5.02 Å². The number of fused-ring (bicyclic) bond motifs is 1. The topological polar surface area (TPSA) is 32.3 Å². The molecule has 1 aromatic rings. The van der Waals surface area contributed by atoms with Crippen molar-refractivity contribution in [3.05, 3.63) is 34.3 Å². The zero-order chi connectivity index (χ0) is 12.5. The van der Waals surface area contributed by atoms with Crippen molar-refractivity contribution < 1.29 is 5.11 Å². The summed E-state index contributed by atoms with van der Waals surface area (Å²) in [6, 6.07) is 6.50. The zero-order valence-electron chi connectivity index (χ0n) is 10.5. The first-order valence-corrected chi connectivity index (χ1v) is 6.55. The van der Waals surface area contributed by atoms with E-state index in [9.17, 15) is 0 Å². The molecule has 0 aromatic heterocycles. The fraction of sp³-hybridized carbons (Fsp3) is 0.571. The molecule has 0 fully saturated rings. The molecular formula is C14H20ClNO. The molecule has 1 atom stereocenters. The van der Waals surface area contributed by atoms with Crippen molar-refractivity contribution in [3.63, 3.8) is 0 Å². The Morgan fingerprint density at radius 1 is 1.47 bits per heavy atom. The average Bonchev–Trinajstić information content (AvgIpc) is 2.50. The maximum Gasteiger partial charge on any atom is 0.0443 e. The summed E-state index contributed by atoms with van der Waals surface area (Å²) in [6.07, 6.45) is 1.87. The lowest BCUT2D eigenvalue weighted by Gasteiger charge is -2.28. The van der Waals surface area contributed by atoms with Crippen LogP contribution in [0.25, 0.3) is 0 Å². The molecule has 1 aliphatic carbocycles. The Balaban J connectivity index is 2.21. The molecule has 3 heteroatoms. The van der Waals surface area contributed by atoms with Gasteiger partial charge < -0.3 is 10.4 Å². The van der Waals surface area contributed by atoms with Crippen LogP contribution in [0, 0.1) is 5.41 Å². The molecule has 0 saturated heterocycles. The Morgan fingerprint density at radius 3 is 2.94 bits per heavy atom. The summed E-state index contributed by atoms with van der Waals surface area (Å²) in [5, 5.41) is 13.2. The van der Waals surface area contributed by atoms with E-state index in [0.29, 0.717) is 6.04 Å². The highest BCUT2D eigenvalue weighted by molar-refractivity contribution is 6.30. The van der Waals surface area contributed by atoms with Gasteiger partial charge in [0.25, 0.3) is 0 Å². The van der Waals surface area contributed by atoms with Crippen molar-refractivity contribution in [1.29, 1.82) is 0 Å². The zero-order valence-corrected chi connectivity index (χ0v) is 11.2. The Morgan fingerprint density at radius 2 is 2.24 bits per heavy atom. The summed E-state index contributed by atoms with van der Waals surface area (Å²) in [4.78, 5) is 0. The van der Waals surface area contributed by atoms with Crippen LogP contribution < -0.4 is 5.32 Å². The van der Waals surface area contributed by atoms with E-state index >= 15 is 0 Å². The largest absolute Gasteiger partial charge is 0.396 e. The van der Waals surface area contributed by atoms with Gasteiger partial charge in [0.2, 0.25) is 0 Å². The van der Waals surface area contributed by atoms with Crippen LogP contribution >= 0.6 is 11.6 Å². The van der Waals surface area contributed by atoms with Crippen LogP contribution in [0.4, 0.5) is 0 Å². The molecule has 0 radical (unpaired) electrons. The molecule has 17 heavy (non-hydrogen) atoms. The first kappa shape index (κ1) is 12.9. The quantitative estimate of drug-likeness (QED) is 0.809. The standard InChI is InChI=1S/C14H20ClNO/c1-14(2)9-10-4-5-11(15)8-12(10)13(14)16-6-3-7-17/h4-5,8,13,16-17H,3,6-7,9H2,1-2H3. The Kier molecular flexibility index (Phi) is 3.76. The number of rotatable bonds is 4. The van der Waals surface area contributed by atoms with E-state index in [1.165, 1.54) is 11.1 Å². The number of hydrogen-bond acceptors (Lipinski definition) is 2. The molecule has 0 aliphatic heterocycles. The SMILES string of the molecule is CC1(C)Cc2ccc(Cl)cc2C1NCCCO. The third kappa shape index (κ3) is 2.65. The maximum atomic E-state index is 8.85. The van der Waals surface area contributed by atoms with E-state index in [1.54, 1.807) is 0 Å². The number of benzene rings is 1. The fourth-order valence-corrected chi connectivity index (χ4v) is 2.90. The molecule has 2 rings (SSSR count). The van der Waals surface area contributed by atoms with Crippen molar-refractivity contribution in [1.82, 2.24) is 5.32 Å². The van der Waals surface area contributed by atoms with Gasteiger partial charge in [-0.2, -0.15) is 0 Å². The second-order valence-corrected chi connectivity index (χ2v) is 5.91. The molecule has 1 unspecified atom stereocenters. The molecule has 0 heterocycles. The lowest BCUT2D eigenvalue weighted by molar-refractivity contribution is 0.248. The smallest absolute Gasteiger partial charge is 0.0443 e. The van der Waals surface area contributed by atoms with E-state index in [-0.39, 0.29) is 12.0 Å². The summed E-state index contributed by atoms with van der Waals surface area (Å²) in [5.41, 5.74) is 2.92. The molecule has 2 nitrogen and oxygen atoms in total. The van der Waals surface area contributed by atoms with Crippen LogP contribution in [0.15, 0.2) is 18.2 Å². The minimum absolute atomic E-state index is 0.211. The van der Waals surface area contributed by atoms with Gasteiger partial charge in [-0.15, -0.1) is 0 Å². The third-order valence-electron chi connectivity index (χ3n) is 3.53. The minimum Gasteiger partial charge on any atom is -0.396 e. The van der Waals surface area contributed by atoms with E-state index in [4.69, 9.17) is 16.7 Å². The Hall–Kier alpha value is -0.570. The molecule has 0 saturated carbocycles. The van der Waals surface area contributed by atoms with Crippen molar-refractivity contribution in [2.75, 3.05) is 13.2 Å². The van der Waals surface area contributed by atoms with Gasteiger partial charge in [-0.05, 0) is 48.1 Å². The van der Waals surface area contributed by atoms with Crippen LogP contribution in [-0.2, 0) is 6.42 Å². The third-order valence-corrected chi connectivity index (χ3v) is 3.76. The van der Waals surface area contributed by atoms with Crippen molar-refractivity contribution in [3.8, 4) is 0 Å².